The Kier molecular flexibility index (Phi) is 5.68. The molecule has 132 valence electrons. The number of likely N-dealkylation sites (tertiary alicyclic amines) is 1. The summed E-state index contributed by atoms with van der Waals surface area (Å²) in [5.74, 6) is 0.122. The fourth-order valence-electron chi connectivity index (χ4n) is 3.85. The molecule has 0 aromatic carbocycles. The van der Waals surface area contributed by atoms with Gasteiger partial charge in [-0.2, -0.15) is 0 Å². The molecular formula is C18H27N3O3. The van der Waals surface area contributed by atoms with Gasteiger partial charge in [0, 0.05) is 12.2 Å². The topological polar surface area (TPSA) is 74.7 Å². The second-order valence-electron chi connectivity index (χ2n) is 6.60. The van der Waals surface area contributed by atoms with Gasteiger partial charge in [0.15, 0.2) is 0 Å². The van der Waals surface area contributed by atoms with Gasteiger partial charge in [0.25, 0.3) is 5.91 Å². The minimum atomic E-state index is -0.520. The van der Waals surface area contributed by atoms with Crippen LogP contribution in [0.25, 0.3) is 0 Å². The summed E-state index contributed by atoms with van der Waals surface area (Å²) < 4.78 is 5.43. The Hall–Kier alpha value is -1.66. The van der Waals surface area contributed by atoms with Crippen molar-refractivity contribution >= 4 is 5.91 Å². The summed E-state index contributed by atoms with van der Waals surface area (Å²) in [4.78, 5) is 19.1. The van der Waals surface area contributed by atoms with Crippen molar-refractivity contribution in [2.45, 2.75) is 57.2 Å². The monoisotopic (exact) mass is 333 g/mol. The lowest BCUT2D eigenvalue weighted by molar-refractivity contribution is 0.00699. The zero-order valence-electron chi connectivity index (χ0n) is 14.3. The average Bonchev–Trinajstić information content (AvgIpc) is 3.12. The molecule has 0 spiro atoms. The molecule has 2 aliphatic rings. The number of aliphatic hydroxyl groups excluding tert-OH is 1. The van der Waals surface area contributed by atoms with Crippen molar-refractivity contribution in [2.24, 2.45) is 0 Å². The second-order valence-corrected chi connectivity index (χ2v) is 6.60. The number of hydrogen-bond donors (Lipinski definition) is 2. The van der Waals surface area contributed by atoms with Gasteiger partial charge in [-0.3, -0.25) is 9.69 Å². The van der Waals surface area contributed by atoms with E-state index in [0.717, 1.165) is 32.4 Å². The van der Waals surface area contributed by atoms with Gasteiger partial charge < -0.3 is 15.2 Å². The van der Waals surface area contributed by atoms with E-state index in [1.54, 1.807) is 18.3 Å². The minimum Gasteiger partial charge on any atom is -0.477 e. The summed E-state index contributed by atoms with van der Waals surface area (Å²) >= 11 is 0. The first-order chi connectivity index (χ1) is 11.7. The third-order valence-electron chi connectivity index (χ3n) is 5.04. The van der Waals surface area contributed by atoms with Crippen LogP contribution in [-0.4, -0.2) is 58.8 Å². The van der Waals surface area contributed by atoms with E-state index in [0.29, 0.717) is 18.1 Å². The first-order valence-corrected chi connectivity index (χ1v) is 9.01. The molecule has 6 heteroatoms. The van der Waals surface area contributed by atoms with Crippen LogP contribution in [0.2, 0.25) is 0 Å². The molecule has 3 atom stereocenters. The van der Waals surface area contributed by atoms with Gasteiger partial charge in [-0.05, 0) is 64.3 Å². The number of rotatable bonds is 5. The molecule has 1 saturated heterocycles. The van der Waals surface area contributed by atoms with Gasteiger partial charge in [0.05, 0.1) is 18.8 Å². The summed E-state index contributed by atoms with van der Waals surface area (Å²) in [6.45, 7) is 4.43. The summed E-state index contributed by atoms with van der Waals surface area (Å²) in [7, 11) is 0. The van der Waals surface area contributed by atoms with E-state index in [1.165, 1.54) is 12.8 Å². The largest absolute Gasteiger partial charge is 0.477 e. The molecule has 2 fully saturated rings. The van der Waals surface area contributed by atoms with Crippen LogP contribution in [-0.2, 0) is 0 Å². The van der Waals surface area contributed by atoms with Crippen molar-refractivity contribution in [3.63, 3.8) is 0 Å². The van der Waals surface area contributed by atoms with E-state index >= 15 is 0 Å². The van der Waals surface area contributed by atoms with Gasteiger partial charge in [0.2, 0.25) is 5.88 Å². The molecule has 3 rings (SSSR count). The van der Waals surface area contributed by atoms with Gasteiger partial charge in [-0.1, -0.05) is 0 Å². The molecule has 1 aromatic heterocycles. The standard InChI is InChI=1S/C18H27N3O3/c1-2-24-18-13(7-6-10-19-18)17(23)20-14-8-5-9-15(16(14)22)21-11-3-4-12-21/h6-7,10,14-16,22H,2-5,8-9,11-12H2,1H3,(H,20,23)/t14-,15-,16-/m1/s1. The summed E-state index contributed by atoms with van der Waals surface area (Å²) in [6, 6.07) is 3.38. The van der Waals surface area contributed by atoms with E-state index < -0.39 is 6.10 Å². The number of aromatic nitrogens is 1. The molecule has 0 radical (unpaired) electrons. The highest BCUT2D eigenvalue weighted by atomic mass is 16.5. The first-order valence-electron chi connectivity index (χ1n) is 9.01. The molecule has 1 aliphatic carbocycles. The molecule has 1 aliphatic heterocycles. The zero-order valence-corrected chi connectivity index (χ0v) is 14.3. The van der Waals surface area contributed by atoms with Gasteiger partial charge in [0.1, 0.15) is 5.56 Å². The zero-order chi connectivity index (χ0) is 16.9. The highest BCUT2D eigenvalue weighted by Gasteiger charge is 2.37. The molecule has 6 nitrogen and oxygen atoms in total. The number of pyridine rings is 1. The average molecular weight is 333 g/mol. The number of carbonyl (C=O) groups excluding carboxylic acids is 1. The Morgan fingerprint density at radius 1 is 1.38 bits per heavy atom. The SMILES string of the molecule is CCOc1ncccc1C(=O)N[C@@H]1CCC[C@@H](N2CCCC2)[C@@H]1O. The Bertz CT molecular complexity index is 560. The third-order valence-corrected chi connectivity index (χ3v) is 5.04. The van der Waals surface area contributed by atoms with Crippen LogP contribution >= 0.6 is 0 Å². The Labute approximate surface area is 143 Å². The number of amides is 1. The summed E-state index contributed by atoms with van der Waals surface area (Å²) in [6.07, 6.45) is 6.33. The number of nitrogens with zero attached hydrogens (tertiary/aromatic N) is 2. The Morgan fingerprint density at radius 2 is 2.17 bits per heavy atom. The van der Waals surface area contributed by atoms with Crippen molar-refractivity contribution < 1.29 is 14.6 Å². The number of aliphatic hydroxyl groups is 1. The van der Waals surface area contributed by atoms with Crippen LogP contribution in [0.3, 0.4) is 0 Å². The second kappa shape index (κ2) is 7.94. The van der Waals surface area contributed by atoms with Gasteiger partial charge in [-0.25, -0.2) is 4.98 Å². The number of carbonyl (C=O) groups is 1. The van der Waals surface area contributed by atoms with Crippen LogP contribution < -0.4 is 10.1 Å². The van der Waals surface area contributed by atoms with Crippen molar-refractivity contribution in [3.05, 3.63) is 23.9 Å². The Morgan fingerprint density at radius 3 is 2.92 bits per heavy atom. The van der Waals surface area contributed by atoms with E-state index in [4.69, 9.17) is 4.74 Å². The molecule has 24 heavy (non-hydrogen) atoms. The minimum absolute atomic E-state index is 0.159. The maximum Gasteiger partial charge on any atom is 0.257 e. The van der Waals surface area contributed by atoms with Crippen molar-refractivity contribution in [1.29, 1.82) is 0 Å². The van der Waals surface area contributed by atoms with Gasteiger partial charge >= 0.3 is 0 Å². The maximum atomic E-state index is 12.6. The molecule has 2 N–H and O–H groups in total. The molecular weight excluding hydrogens is 306 g/mol. The number of hydrogen-bond acceptors (Lipinski definition) is 5. The lowest BCUT2D eigenvalue weighted by Gasteiger charge is -2.40. The van der Waals surface area contributed by atoms with E-state index in [2.05, 4.69) is 15.2 Å². The predicted octanol–water partition coefficient (Wildman–Crippen LogP) is 1.59. The third kappa shape index (κ3) is 3.70. The summed E-state index contributed by atoms with van der Waals surface area (Å²) in [5, 5.41) is 13.8. The van der Waals surface area contributed by atoms with E-state index in [9.17, 15) is 9.90 Å². The lowest BCUT2D eigenvalue weighted by Crippen LogP contribution is -2.56. The Balaban J connectivity index is 1.67. The van der Waals surface area contributed by atoms with E-state index in [-0.39, 0.29) is 18.0 Å². The lowest BCUT2D eigenvalue weighted by atomic mass is 9.87. The normalized spacial score (nSPS) is 27.8. The van der Waals surface area contributed by atoms with Crippen LogP contribution in [0.15, 0.2) is 18.3 Å². The molecule has 1 aromatic rings. The molecule has 1 saturated carbocycles. The highest BCUT2D eigenvalue weighted by Crippen LogP contribution is 2.27. The predicted molar refractivity (Wildman–Crippen MR) is 91.1 cm³/mol. The van der Waals surface area contributed by atoms with Crippen LogP contribution in [0.1, 0.15) is 49.4 Å². The first kappa shape index (κ1) is 17.2. The quantitative estimate of drug-likeness (QED) is 0.856. The molecule has 0 unspecified atom stereocenters. The molecule has 0 bridgehead atoms. The smallest absolute Gasteiger partial charge is 0.257 e. The van der Waals surface area contributed by atoms with Crippen LogP contribution in [0, 0.1) is 0 Å². The van der Waals surface area contributed by atoms with Crippen molar-refractivity contribution in [2.75, 3.05) is 19.7 Å². The van der Waals surface area contributed by atoms with Crippen LogP contribution in [0.4, 0.5) is 0 Å². The van der Waals surface area contributed by atoms with Crippen LogP contribution in [0.5, 0.6) is 5.88 Å². The molecule has 1 amide bonds. The van der Waals surface area contributed by atoms with Crippen molar-refractivity contribution in [1.82, 2.24) is 15.2 Å². The number of nitrogens with one attached hydrogen (secondary N) is 1. The van der Waals surface area contributed by atoms with Crippen molar-refractivity contribution in [3.8, 4) is 5.88 Å². The van der Waals surface area contributed by atoms with Gasteiger partial charge in [-0.15, -0.1) is 0 Å². The van der Waals surface area contributed by atoms with E-state index in [1.807, 2.05) is 6.92 Å². The number of ether oxygens (including phenoxy) is 1. The maximum absolute atomic E-state index is 12.6. The molecule has 2 heterocycles. The fraction of sp³-hybridized carbons (Fsp3) is 0.667. The summed E-state index contributed by atoms with van der Waals surface area (Å²) in [5.41, 5.74) is 0.426. The fourth-order valence-corrected chi connectivity index (χ4v) is 3.85. The highest BCUT2D eigenvalue weighted by molar-refractivity contribution is 5.96.